The molecule has 2 heterocycles. The molecule has 25 heavy (non-hydrogen) atoms. The Morgan fingerprint density at radius 1 is 1.16 bits per heavy atom. The predicted molar refractivity (Wildman–Crippen MR) is 85.9 cm³/mol. The number of pyridine rings is 1. The highest BCUT2D eigenvalue weighted by atomic mass is 32.2. The van der Waals surface area contributed by atoms with Crippen LogP contribution in [0.1, 0.15) is 5.56 Å². The number of sulfonamides is 1. The number of nitriles is 1. The van der Waals surface area contributed by atoms with Crippen LogP contribution in [0.15, 0.2) is 53.7 Å². The van der Waals surface area contributed by atoms with Crippen LogP contribution in [0.3, 0.4) is 0 Å². The zero-order chi connectivity index (χ0) is 18.0. The van der Waals surface area contributed by atoms with Crippen molar-refractivity contribution in [2.45, 2.75) is 4.90 Å². The molecule has 0 saturated carbocycles. The minimum atomic E-state index is -4.16. The zero-order valence-electron chi connectivity index (χ0n) is 12.5. The number of rotatable bonds is 4. The summed E-state index contributed by atoms with van der Waals surface area (Å²) in [6.45, 7) is 0. The van der Waals surface area contributed by atoms with Crippen LogP contribution in [0.2, 0.25) is 0 Å². The fourth-order valence-electron chi connectivity index (χ4n) is 2.12. The minimum Gasteiger partial charge on any atom is -0.359 e. The van der Waals surface area contributed by atoms with Gasteiger partial charge < -0.3 is 4.98 Å². The molecule has 0 aliphatic carbocycles. The minimum absolute atomic E-state index is 0.169. The Morgan fingerprint density at radius 3 is 2.64 bits per heavy atom. The average molecular weight is 360 g/mol. The van der Waals surface area contributed by atoms with Gasteiger partial charge in [-0.15, -0.1) is 0 Å². The van der Waals surface area contributed by atoms with Gasteiger partial charge in [0.2, 0.25) is 0 Å². The maximum Gasteiger partial charge on any atom is 0.263 e. The molecule has 0 aliphatic heterocycles. The molecule has 0 spiro atoms. The van der Waals surface area contributed by atoms with Crippen molar-refractivity contribution in [2.75, 3.05) is 4.72 Å². The van der Waals surface area contributed by atoms with Crippen LogP contribution < -0.4 is 4.72 Å². The lowest BCUT2D eigenvalue weighted by Gasteiger charge is -2.08. The lowest BCUT2D eigenvalue weighted by atomic mass is 10.2. The summed E-state index contributed by atoms with van der Waals surface area (Å²) in [6, 6.07) is 9.92. The molecule has 0 radical (unpaired) electrons. The number of H-pyrrole nitrogens is 1. The number of aromatic amines is 1. The molecule has 126 valence electrons. The summed E-state index contributed by atoms with van der Waals surface area (Å²) in [6.07, 6.45) is 2.77. The highest BCUT2D eigenvalue weighted by Gasteiger charge is 2.21. The summed E-state index contributed by atoms with van der Waals surface area (Å²) >= 11 is 0. The summed E-state index contributed by atoms with van der Waals surface area (Å²) in [7, 11) is -4.16. The number of hydrogen-bond acceptors (Lipinski definition) is 4. The highest BCUT2D eigenvalue weighted by molar-refractivity contribution is 7.92. The van der Waals surface area contributed by atoms with Crippen molar-refractivity contribution in [1.82, 2.24) is 9.97 Å². The van der Waals surface area contributed by atoms with Crippen molar-refractivity contribution in [1.29, 1.82) is 5.26 Å². The third-order valence-electron chi connectivity index (χ3n) is 3.35. The van der Waals surface area contributed by atoms with Crippen LogP contribution in [-0.4, -0.2) is 18.4 Å². The van der Waals surface area contributed by atoms with E-state index in [0.717, 1.165) is 12.1 Å². The standard InChI is InChI=1S/C16H10F2N4O2S/c17-15-10(8-19)4-5-13(16(15)18)22-25(23,24)11-7-14(21-9-11)12-3-1-2-6-20-12/h1-7,9,21-22H. The lowest BCUT2D eigenvalue weighted by Crippen LogP contribution is -2.14. The van der Waals surface area contributed by atoms with Crippen LogP contribution in [0.4, 0.5) is 14.5 Å². The first-order chi connectivity index (χ1) is 11.9. The molecule has 0 amide bonds. The van der Waals surface area contributed by atoms with Crippen LogP contribution >= 0.6 is 0 Å². The van der Waals surface area contributed by atoms with Crippen LogP contribution in [0.25, 0.3) is 11.4 Å². The second-order valence-corrected chi connectivity index (χ2v) is 6.65. The molecule has 2 N–H and O–H groups in total. The Balaban J connectivity index is 1.93. The van der Waals surface area contributed by atoms with Gasteiger partial charge >= 0.3 is 0 Å². The van der Waals surface area contributed by atoms with Gasteiger partial charge in [0.1, 0.15) is 11.0 Å². The molecule has 0 unspecified atom stereocenters. The van der Waals surface area contributed by atoms with Crippen molar-refractivity contribution in [2.24, 2.45) is 0 Å². The molecule has 0 atom stereocenters. The molecular weight excluding hydrogens is 350 g/mol. The van der Waals surface area contributed by atoms with Crippen LogP contribution in [-0.2, 0) is 10.0 Å². The predicted octanol–water partition coefficient (Wildman–Crippen LogP) is 3.03. The zero-order valence-corrected chi connectivity index (χ0v) is 13.3. The number of aromatic nitrogens is 2. The second-order valence-electron chi connectivity index (χ2n) is 4.97. The quantitative estimate of drug-likeness (QED) is 0.747. The van der Waals surface area contributed by atoms with Gasteiger partial charge in [0.25, 0.3) is 10.0 Å². The number of nitrogens with one attached hydrogen (secondary N) is 2. The SMILES string of the molecule is N#Cc1ccc(NS(=O)(=O)c2c[nH]c(-c3ccccn3)c2)c(F)c1F. The van der Waals surface area contributed by atoms with E-state index >= 15 is 0 Å². The molecule has 3 rings (SSSR count). The van der Waals surface area contributed by atoms with E-state index in [2.05, 4.69) is 9.97 Å². The molecule has 2 aromatic heterocycles. The Kier molecular flexibility index (Phi) is 4.21. The Labute approximate surface area is 141 Å². The van der Waals surface area contributed by atoms with Crippen molar-refractivity contribution >= 4 is 15.7 Å². The van der Waals surface area contributed by atoms with Gasteiger partial charge in [0.05, 0.1) is 22.6 Å². The van der Waals surface area contributed by atoms with Crippen molar-refractivity contribution in [3.63, 3.8) is 0 Å². The summed E-state index contributed by atoms with van der Waals surface area (Å²) in [4.78, 5) is 6.68. The van der Waals surface area contributed by atoms with Gasteiger partial charge in [-0.25, -0.2) is 17.2 Å². The number of benzene rings is 1. The number of halogens is 2. The van der Waals surface area contributed by atoms with E-state index in [1.54, 1.807) is 24.4 Å². The molecule has 6 nitrogen and oxygen atoms in total. The third-order valence-corrected chi connectivity index (χ3v) is 4.70. The van der Waals surface area contributed by atoms with Gasteiger partial charge in [0, 0.05) is 12.4 Å². The second kappa shape index (κ2) is 6.33. The molecule has 0 saturated heterocycles. The van der Waals surface area contributed by atoms with E-state index in [9.17, 15) is 17.2 Å². The van der Waals surface area contributed by atoms with E-state index in [-0.39, 0.29) is 4.90 Å². The topological polar surface area (TPSA) is 98.6 Å². The first kappa shape index (κ1) is 16.6. The molecule has 0 aliphatic rings. The normalized spacial score (nSPS) is 11.1. The largest absolute Gasteiger partial charge is 0.359 e. The van der Waals surface area contributed by atoms with Gasteiger partial charge in [0.15, 0.2) is 11.6 Å². The van der Waals surface area contributed by atoms with E-state index in [0.29, 0.717) is 11.4 Å². The maximum absolute atomic E-state index is 13.9. The smallest absolute Gasteiger partial charge is 0.263 e. The van der Waals surface area contributed by atoms with Crippen molar-refractivity contribution in [3.8, 4) is 17.5 Å². The molecule has 0 bridgehead atoms. The Morgan fingerprint density at radius 2 is 1.96 bits per heavy atom. The van der Waals surface area contributed by atoms with Crippen molar-refractivity contribution in [3.05, 3.63) is 66.0 Å². The monoisotopic (exact) mass is 360 g/mol. The molecule has 9 heteroatoms. The lowest BCUT2D eigenvalue weighted by molar-refractivity contribution is 0.509. The third kappa shape index (κ3) is 3.20. The fraction of sp³-hybridized carbons (Fsp3) is 0. The van der Waals surface area contributed by atoms with Crippen molar-refractivity contribution < 1.29 is 17.2 Å². The van der Waals surface area contributed by atoms with Gasteiger partial charge in [-0.05, 0) is 30.3 Å². The van der Waals surface area contributed by atoms with Gasteiger partial charge in [-0.3, -0.25) is 9.71 Å². The average Bonchev–Trinajstić information content (AvgIpc) is 3.11. The molecular formula is C16H10F2N4O2S. The van der Waals surface area contributed by atoms with E-state index in [4.69, 9.17) is 5.26 Å². The summed E-state index contributed by atoms with van der Waals surface area (Å²) in [5, 5.41) is 8.65. The summed E-state index contributed by atoms with van der Waals surface area (Å²) < 4.78 is 54.2. The van der Waals surface area contributed by atoms with Gasteiger partial charge in [-0.1, -0.05) is 6.07 Å². The number of anilines is 1. The van der Waals surface area contributed by atoms with Gasteiger partial charge in [-0.2, -0.15) is 5.26 Å². The van der Waals surface area contributed by atoms with Crippen LogP contribution in [0, 0.1) is 23.0 Å². The first-order valence-electron chi connectivity index (χ1n) is 6.93. The summed E-state index contributed by atoms with van der Waals surface area (Å²) in [5.74, 6) is -2.85. The van der Waals surface area contributed by atoms with E-state index < -0.39 is 32.9 Å². The fourth-order valence-corrected chi connectivity index (χ4v) is 3.17. The summed E-state index contributed by atoms with van der Waals surface area (Å²) in [5.41, 5.74) is -0.122. The molecule has 3 aromatic rings. The van der Waals surface area contributed by atoms with E-state index in [1.165, 1.54) is 18.3 Å². The molecule has 0 fully saturated rings. The van der Waals surface area contributed by atoms with Crippen LogP contribution in [0.5, 0.6) is 0 Å². The maximum atomic E-state index is 13.9. The number of hydrogen-bond donors (Lipinski definition) is 2. The Bertz CT molecular complexity index is 1070. The Hall–Kier alpha value is -3.25. The molecule has 1 aromatic carbocycles. The highest BCUT2D eigenvalue weighted by Crippen LogP contribution is 2.25. The number of nitrogens with zero attached hydrogens (tertiary/aromatic N) is 2. The first-order valence-corrected chi connectivity index (χ1v) is 8.41. The van der Waals surface area contributed by atoms with E-state index in [1.807, 2.05) is 4.72 Å².